The summed E-state index contributed by atoms with van der Waals surface area (Å²) < 4.78 is 28.3. The maximum atomic E-state index is 14.1. The molecule has 1 aromatic heterocycles. The summed E-state index contributed by atoms with van der Waals surface area (Å²) in [5, 5.41) is 0. The van der Waals surface area contributed by atoms with Gasteiger partial charge in [0.2, 0.25) is 0 Å². The molecule has 2 fully saturated rings. The third kappa shape index (κ3) is 3.53. The molecular formula is C21H23F2N3O. The first kappa shape index (κ1) is 17.9. The molecule has 4 rings (SSSR count). The number of nitrogens with zero attached hydrogens (tertiary/aromatic N) is 3. The third-order valence-corrected chi connectivity index (χ3v) is 5.56. The van der Waals surface area contributed by atoms with Gasteiger partial charge in [-0.05, 0) is 49.9 Å². The monoisotopic (exact) mass is 371 g/mol. The van der Waals surface area contributed by atoms with Gasteiger partial charge in [0.05, 0.1) is 5.56 Å². The fourth-order valence-electron chi connectivity index (χ4n) is 4.17. The number of aromatic nitrogens is 1. The molecule has 2 aliphatic rings. The smallest absolute Gasteiger partial charge is 0.257 e. The molecule has 0 bridgehead atoms. The van der Waals surface area contributed by atoms with E-state index in [0.29, 0.717) is 30.9 Å². The first-order chi connectivity index (χ1) is 13.1. The van der Waals surface area contributed by atoms with Crippen LogP contribution in [0.4, 0.5) is 14.6 Å². The zero-order valence-corrected chi connectivity index (χ0v) is 15.2. The molecule has 6 heteroatoms. The Balaban J connectivity index is 1.57. The molecule has 1 unspecified atom stereocenters. The molecule has 0 spiro atoms. The second-order valence-electron chi connectivity index (χ2n) is 7.29. The highest BCUT2D eigenvalue weighted by Crippen LogP contribution is 2.34. The average molecular weight is 371 g/mol. The molecule has 4 nitrogen and oxygen atoms in total. The predicted molar refractivity (Wildman–Crippen MR) is 99.9 cm³/mol. The lowest BCUT2D eigenvalue weighted by molar-refractivity contribution is 0.0724. The van der Waals surface area contributed by atoms with Crippen molar-refractivity contribution in [1.82, 2.24) is 9.88 Å². The van der Waals surface area contributed by atoms with E-state index in [2.05, 4.69) is 4.98 Å². The number of hydrogen-bond donors (Lipinski definition) is 0. The summed E-state index contributed by atoms with van der Waals surface area (Å²) >= 11 is 0. The number of likely N-dealkylation sites (tertiary alicyclic amines) is 1. The number of halogens is 2. The minimum Gasteiger partial charge on any atom is -0.355 e. The van der Waals surface area contributed by atoms with Gasteiger partial charge in [-0.25, -0.2) is 13.8 Å². The van der Waals surface area contributed by atoms with Crippen LogP contribution in [0.3, 0.4) is 0 Å². The highest BCUT2D eigenvalue weighted by molar-refractivity contribution is 5.99. The van der Waals surface area contributed by atoms with Gasteiger partial charge in [-0.1, -0.05) is 6.07 Å². The lowest BCUT2D eigenvalue weighted by atomic mass is 9.97. The van der Waals surface area contributed by atoms with Crippen LogP contribution in [-0.2, 0) is 0 Å². The molecule has 0 aliphatic carbocycles. The van der Waals surface area contributed by atoms with Gasteiger partial charge in [-0.2, -0.15) is 0 Å². The molecule has 3 heterocycles. The Morgan fingerprint density at radius 3 is 2.48 bits per heavy atom. The van der Waals surface area contributed by atoms with Crippen LogP contribution in [0, 0.1) is 11.6 Å². The lowest BCUT2D eigenvalue weighted by Crippen LogP contribution is -2.37. The maximum Gasteiger partial charge on any atom is 0.257 e. The van der Waals surface area contributed by atoms with Crippen molar-refractivity contribution in [2.24, 2.45) is 0 Å². The van der Waals surface area contributed by atoms with Crippen LogP contribution in [0.25, 0.3) is 0 Å². The Kier molecular flexibility index (Phi) is 5.05. The summed E-state index contributed by atoms with van der Waals surface area (Å²) in [5.41, 5.74) is 0.717. The number of hydrogen-bond acceptors (Lipinski definition) is 3. The normalized spacial score (nSPS) is 20.1. The Labute approximate surface area is 157 Å². The summed E-state index contributed by atoms with van der Waals surface area (Å²) in [6.07, 6.45) is 5.51. The molecule has 0 radical (unpaired) electrons. The highest BCUT2D eigenvalue weighted by Gasteiger charge is 2.31. The lowest BCUT2D eigenvalue weighted by Gasteiger charge is -2.28. The van der Waals surface area contributed by atoms with Crippen LogP contribution >= 0.6 is 0 Å². The van der Waals surface area contributed by atoms with Crippen molar-refractivity contribution >= 4 is 11.7 Å². The molecule has 1 amide bonds. The van der Waals surface area contributed by atoms with Gasteiger partial charge in [0.25, 0.3) is 5.91 Å². The van der Waals surface area contributed by atoms with Crippen LogP contribution in [-0.4, -0.2) is 42.0 Å². The van der Waals surface area contributed by atoms with Crippen LogP contribution < -0.4 is 4.90 Å². The average Bonchev–Trinajstić information content (AvgIpc) is 3.17. The molecular weight excluding hydrogens is 348 g/mol. The van der Waals surface area contributed by atoms with Crippen molar-refractivity contribution in [3.05, 3.63) is 59.3 Å². The van der Waals surface area contributed by atoms with Gasteiger partial charge >= 0.3 is 0 Å². The van der Waals surface area contributed by atoms with E-state index < -0.39 is 11.6 Å². The fraction of sp³-hybridized carbons (Fsp3) is 0.429. The fourth-order valence-corrected chi connectivity index (χ4v) is 4.17. The van der Waals surface area contributed by atoms with Crippen LogP contribution in [0.5, 0.6) is 0 Å². The Morgan fingerprint density at radius 1 is 1.00 bits per heavy atom. The van der Waals surface area contributed by atoms with Crippen molar-refractivity contribution in [1.29, 1.82) is 0 Å². The van der Waals surface area contributed by atoms with Gasteiger partial charge in [-0.15, -0.1) is 0 Å². The van der Waals surface area contributed by atoms with E-state index >= 15 is 0 Å². The zero-order chi connectivity index (χ0) is 18.8. The molecule has 142 valence electrons. The predicted octanol–water partition coefficient (Wildman–Crippen LogP) is 3.98. The van der Waals surface area contributed by atoms with Crippen molar-refractivity contribution in [2.75, 3.05) is 31.1 Å². The van der Waals surface area contributed by atoms with Crippen molar-refractivity contribution in [3.8, 4) is 0 Å². The maximum absolute atomic E-state index is 14.1. The Hall–Kier alpha value is -2.50. The van der Waals surface area contributed by atoms with Gasteiger partial charge in [-0.3, -0.25) is 4.79 Å². The molecule has 1 aromatic carbocycles. The van der Waals surface area contributed by atoms with Crippen molar-refractivity contribution < 1.29 is 13.6 Å². The largest absolute Gasteiger partial charge is 0.355 e. The summed E-state index contributed by atoms with van der Waals surface area (Å²) in [6.45, 7) is 2.62. The number of carbonyl (C=O) groups excluding carboxylic acids is 1. The first-order valence-electron chi connectivity index (χ1n) is 9.58. The van der Waals surface area contributed by atoms with E-state index in [9.17, 15) is 13.6 Å². The summed E-state index contributed by atoms with van der Waals surface area (Å²) in [4.78, 5) is 21.3. The second-order valence-corrected chi connectivity index (χ2v) is 7.29. The molecule has 2 saturated heterocycles. The molecule has 0 saturated carbocycles. The van der Waals surface area contributed by atoms with E-state index in [1.807, 2.05) is 9.80 Å². The minimum atomic E-state index is -0.507. The number of amides is 1. The zero-order valence-electron chi connectivity index (χ0n) is 15.2. The number of benzene rings is 1. The van der Waals surface area contributed by atoms with Gasteiger partial charge in [0, 0.05) is 43.9 Å². The number of anilines is 1. The van der Waals surface area contributed by atoms with Gasteiger partial charge in [0.1, 0.15) is 17.5 Å². The number of piperidine rings is 1. The Bertz CT molecular complexity index is 816. The molecule has 2 aromatic rings. The summed E-state index contributed by atoms with van der Waals surface area (Å²) in [7, 11) is 0. The highest BCUT2D eigenvalue weighted by atomic mass is 19.1. The number of carbonyl (C=O) groups is 1. The quantitative estimate of drug-likeness (QED) is 0.819. The van der Waals surface area contributed by atoms with Crippen LogP contribution in [0.2, 0.25) is 0 Å². The van der Waals surface area contributed by atoms with Gasteiger partial charge in [0.15, 0.2) is 0 Å². The van der Waals surface area contributed by atoms with E-state index in [1.54, 1.807) is 18.3 Å². The van der Waals surface area contributed by atoms with E-state index in [4.69, 9.17) is 0 Å². The summed E-state index contributed by atoms with van der Waals surface area (Å²) in [6, 6.07) is 7.55. The second kappa shape index (κ2) is 7.62. The van der Waals surface area contributed by atoms with Crippen LogP contribution in [0.15, 0.2) is 36.5 Å². The number of pyridine rings is 1. The summed E-state index contributed by atoms with van der Waals surface area (Å²) in [5.74, 6) is -0.642. The van der Waals surface area contributed by atoms with E-state index in [0.717, 1.165) is 32.4 Å². The molecule has 0 N–H and O–H groups in total. The molecule has 27 heavy (non-hydrogen) atoms. The van der Waals surface area contributed by atoms with E-state index in [-0.39, 0.29) is 17.4 Å². The van der Waals surface area contributed by atoms with Crippen LogP contribution in [0.1, 0.15) is 47.5 Å². The van der Waals surface area contributed by atoms with Gasteiger partial charge < -0.3 is 9.80 Å². The van der Waals surface area contributed by atoms with E-state index in [1.165, 1.54) is 18.2 Å². The molecule has 1 atom stereocenters. The van der Waals surface area contributed by atoms with Crippen molar-refractivity contribution in [3.63, 3.8) is 0 Å². The Morgan fingerprint density at radius 2 is 1.74 bits per heavy atom. The first-order valence-corrected chi connectivity index (χ1v) is 9.58. The molecule has 2 aliphatic heterocycles. The minimum absolute atomic E-state index is 0.00155. The SMILES string of the molecule is O=C(c1cccnc1N1CCC(c2c(F)cccc2F)C1)N1CCCCC1. The standard InChI is InChI=1S/C21H23F2N3O/c22-17-7-4-8-18(23)19(17)15-9-13-26(14-15)20-16(6-5-10-24-20)21(27)25-11-2-1-3-12-25/h4-8,10,15H,1-3,9,11-14H2. The van der Waals surface area contributed by atoms with Crippen molar-refractivity contribution in [2.45, 2.75) is 31.6 Å². The topological polar surface area (TPSA) is 36.4 Å². The number of rotatable bonds is 3. The third-order valence-electron chi connectivity index (χ3n) is 5.56.